The topological polar surface area (TPSA) is 77.9 Å². The van der Waals surface area contributed by atoms with Crippen LogP contribution >= 0.6 is 0 Å². The SMILES string of the molecule is O=C(Cc1ccccc1)N1CC2(C1)[C@H](c1ccccc1)[C@H](CO)N2S(=O)(=O)Cc1ccccc1. The fraction of sp³-hybridized carbons (Fsp3) is 0.296. The van der Waals surface area contributed by atoms with E-state index in [1.54, 1.807) is 17.0 Å². The van der Waals surface area contributed by atoms with Crippen molar-refractivity contribution in [3.8, 4) is 0 Å². The van der Waals surface area contributed by atoms with E-state index < -0.39 is 21.6 Å². The van der Waals surface area contributed by atoms with Crippen molar-refractivity contribution in [3.63, 3.8) is 0 Å². The van der Waals surface area contributed by atoms with Gasteiger partial charge in [0, 0.05) is 19.0 Å². The highest BCUT2D eigenvalue weighted by Crippen LogP contribution is 2.55. The number of amides is 1. The minimum Gasteiger partial charge on any atom is -0.395 e. The predicted molar refractivity (Wildman–Crippen MR) is 130 cm³/mol. The molecule has 1 N–H and O–H groups in total. The maximum atomic E-state index is 13.6. The second kappa shape index (κ2) is 8.98. The Labute approximate surface area is 200 Å². The van der Waals surface area contributed by atoms with E-state index in [1.165, 1.54) is 4.31 Å². The van der Waals surface area contributed by atoms with Crippen LogP contribution in [0.25, 0.3) is 0 Å². The number of sulfonamides is 1. The molecular weight excluding hydrogens is 448 g/mol. The highest BCUT2D eigenvalue weighted by atomic mass is 32.2. The first-order valence-electron chi connectivity index (χ1n) is 11.5. The number of aliphatic hydroxyl groups is 1. The van der Waals surface area contributed by atoms with E-state index in [0.29, 0.717) is 18.7 Å². The molecule has 0 bridgehead atoms. The number of carbonyl (C=O) groups is 1. The first-order chi connectivity index (χ1) is 16.4. The van der Waals surface area contributed by atoms with E-state index in [-0.39, 0.29) is 30.6 Å². The van der Waals surface area contributed by atoms with E-state index in [2.05, 4.69) is 0 Å². The third kappa shape index (κ3) is 3.94. The van der Waals surface area contributed by atoms with E-state index in [4.69, 9.17) is 0 Å². The van der Waals surface area contributed by atoms with Crippen molar-refractivity contribution >= 4 is 15.9 Å². The Morgan fingerprint density at radius 3 is 1.94 bits per heavy atom. The number of likely N-dealkylation sites (tertiary alicyclic amines) is 1. The van der Waals surface area contributed by atoms with Gasteiger partial charge in [-0.2, -0.15) is 4.31 Å². The number of rotatable bonds is 7. The van der Waals surface area contributed by atoms with Crippen LogP contribution in [-0.4, -0.2) is 59.9 Å². The quantitative estimate of drug-likeness (QED) is 0.569. The molecule has 176 valence electrons. The van der Waals surface area contributed by atoms with Crippen molar-refractivity contribution in [2.45, 2.75) is 29.7 Å². The van der Waals surface area contributed by atoms with Gasteiger partial charge in [0.25, 0.3) is 0 Å². The highest BCUT2D eigenvalue weighted by Gasteiger charge is 2.70. The molecule has 2 aliphatic rings. The van der Waals surface area contributed by atoms with E-state index >= 15 is 0 Å². The molecule has 2 saturated heterocycles. The molecule has 34 heavy (non-hydrogen) atoms. The lowest BCUT2D eigenvalue weighted by atomic mass is 9.63. The number of benzene rings is 3. The Kier molecular flexibility index (Phi) is 6.02. The summed E-state index contributed by atoms with van der Waals surface area (Å²) in [5.41, 5.74) is 1.88. The van der Waals surface area contributed by atoms with Gasteiger partial charge < -0.3 is 10.0 Å². The van der Waals surface area contributed by atoms with Crippen LogP contribution in [0.5, 0.6) is 0 Å². The van der Waals surface area contributed by atoms with Gasteiger partial charge in [0.1, 0.15) is 0 Å². The Balaban J connectivity index is 1.43. The fourth-order valence-corrected chi connectivity index (χ4v) is 7.73. The molecule has 7 heteroatoms. The zero-order valence-electron chi connectivity index (χ0n) is 18.8. The molecule has 0 aliphatic carbocycles. The molecule has 0 aromatic heterocycles. The maximum Gasteiger partial charge on any atom is 0.227 e. The number of hydrogen-bond acceptors (Lipinski definition) is 4. The minimum atomic E-state index is -3.72. The summed E-state index contributed by atoms with van der Waals surface area (Å²) in [5.74, 6) is -0.326. The predicted octanol–water partition coefficient (Wildman–Crippen LogP) is 2.80. The van der Waals surface area contributed by atoms with Gasteiger partial charge >= 0.3 is 0 Å². The molecule has 0 unspecified atom stereocenters. The maximum absolute atomic E-state index is 13.6. The van der Waals surface area contributed by atoms with E-state index in [9.17, 15) is 18.3 Å². The van der Waals surface area contributed by atoms with E-state index in [1.807, 2.05) is 78.9 Å². The van der Waals surface area contributed by atoms with Gasteiger partial charge in [-0.1, -0.05) is 91.0 Å². The molecular formula is C27H28N2O4S. The van der Waals surface area contributed by atoms with Gasteiger partial charge in [0.15, 0.2) is 0 Å². The van der Waals surface area contributed by atoms with Crippen molar-refractivity contribution < 1.29 is 18.3 Å². The van der Waals surface area contributed by atoms with Crippen LogP contribution in [0.15, 0.2) is 91.0 Å². The summed E-state index contributed by atoms with van der Waals surface area (Å²) < 4.78 is 28.7. The summed E-state index contributed by atoms with van der Waals surface area (Å²) in [5, 5.41) is 10.3. The number of aliphatic hydroxyl groups excluding tert-OH is 1. The minimum absolute atomic E-state index is 0.0171. The summed E-state index contributed by atoms with van der Waals surface area (Å²) >= 11 is 0. The lowest BCUT2D eigenvalue weighted by Crippen LogP contribution is -2.85. The molecule has 5 rings (SSSR count). The van der Waals surface area contributed by atoms with Crippen molar-refractivity contribution in [3.05, 3.63) is 108 Å². The molecule has 0 radical (unpaired) electrons. The Bertz CT molecular complexity index is 1240. The van der Waals surface area contributed by atoms with Crippen molar-refractivity contribution in [1.82, 2.24) is 9.21 Å². The molecule has 2 aliphatic heterocycles. The Morgan fingerprint density at radius 2 is 1.38 bits per heavy atom. The van der Waals surface area contributed by atoms with Gasteiger partial charge in [-0.3, -0.25) is 4.79 Å². The molecule has 3 aromatic carbocycles. The second-order valence-corrected chi connectivity index (χ2v) is 11.0. The summed E-state index contributed by atoms with van der Waals surface area (Å²) in [4.78, 5) is 14.7. The average molecular weight is 477 g/mol. The van der Waals surface area contributed by atoms with Gasteiger partial charge in [-0.05, 0) is 16.7 Å². The van der Waals surface area contributed by atoms with Gasteiger partial charge in [0.2, 0.25) is 15.9 Å². The fourth-order valence-electron chi connectivity index (χ4n) is 5.60. The van der Waals surface area contributed by atoms with Gasteiger partial charge in [-0.25, -0.2) is 8.42 Å². The summed E-state index contributed by atoms with van der Waals surface area (Å²) in [6.07, 6.45) is 0.285. The van der Waals surface area contributed by atoms with Crippen LogP contribution in [0.1, 0.15) is 22.6 Å². The smallest absolute Gasteiger partial charge is 0.227 e. The zero-order chi connectivity index (χ0) is 23.8. The van der Waals surface area contributed by atoms with Crippen molar-refractivity contribution in [2.75, 3.05) is 19.7 Å². The van der Waals surface area contributed by atoms with Crippen LogP contribution < -0.4 is 0 Å². The van der Waals surface area contributed by atoms with E-state index in [0.717, 1.165) is 11.1 Å². The third-order valence-electron chi connectivity index (χ3n) is 7.02. The summed E-state index contributed by atoms with van der Waals surface area (Å²) in [6, 6.07) is 27.8. The first kappa shape index (κ1) is 22.8. The zero-order valence-corrected chi connectivity index (χ0v) is 19.6. The third-order valence-corrected chi connectivity index (χ3v) is 8.95. The normalized spacial score (nSPS) is 21.6. The molecule has 2 fully saturated rings. The largest absolute Gasteiger partial charge is 0.395 e. The Hall–Kier alpha value is -3.00. The lowest BCUT2D eigenvalue weighted by Gasteiger charge is -2.69. The first-order valence-corrected chi connectivity index (χ1v) is 13.1. The molecule has 1 amide bonds. The van der Waals surface area contributed by atoms with Crippen LogP contribution in [0.3, 0.4) is 0 Å². The lowest BCUT2D eigenvalue weighted by molar-refractivity contribution is -0.166. The molecule has 1 spiro atoms. The van der Waals surface area contributed by atoms with Crippen molar-refractivity contribution in [2.24, 2.45) is 0 Å². The summed E-state index contributed by atoms with van der Waals surface area (Å²) in [6.45, 7) is 0.374. The molecule has 2 heterocycles. The standard InChI is InChI=1S/C27H28N2O4S/c30-17-24-26(23-14-8-3-9-15-23)27(29(24)34(32,33)18-22-12-6-2-7-13-22)19-28(20-27)25(31)16-21-10-4-1-5-11-21/h1-15,24,26,30H,16-20H2/t24-,26+/m0/s1. The molecule has 0 saturated carbocycles. The number of carbonyl (C=O) groups excluding carboxylic acids is 1. The van der Waals surface area contributed by atoms with Gasteiger partial charge in [0.05, 0.1) is 30.4 Å². The molecule has 2 atom stereocenters. The summed E-state index contributed by atoms with van der Waals surface area (Å²) in [7, 11) is -3.72. The second-order valence-electron chi connectivity index (χ2n) is 9.19. The number of nitrogens with zero attached hydrogens (tertiary/aromatic N) is 2. The average Bonchev–Trinajstić information content (AvgIpc) is 2.79. The molecule has 6 nitrogen and oxygen atoms in total. The van der Waals surface area contributed by atoms with Crippen molar-refractivity contribution in [1.29, 1.82) is 0 Å². The number of hydrogen-bond donors (Lipinski definition) is 1. The van der Waals surface area contributed by atoms with Crippen LogP contribution in [0, 0.1) is 0 Å². The van der Waals surface area contributed by atoms with Crippen LogP contribution in [0.2, 0.25) is 0 Å². The van der Waals surface area contributed by atoms with Gasteiger partial charge in [-0.15, -0.1) is 0 Å². The highest BCUT2D eigenvalue weighted by molar-refractivity contribution is 7.88. The monoisotopic (exact) mass is 476 g/mol. The molecule has 3 aromatic rings. The Morgan fingerprint density at radius 1 is 0.853 bits per heavy atom. The van der Waals surface area contributed by atoms with Crippen LogP contribution in [0.4, 0.5) is 0 Å². The van der Waals surface area contributed by atoms with Crippen LogP contribution in [-0.2, 0) is 27.0 Å².